The van der Waals surface area contributed by atoms with Gasteiger partial charge >= 0.3 is 0 Å². The van der Waals surface area contributed by atoms with Crippen LogP contribution in [0, 0.1) is 13.8 Å². The van der Waals surface area contributed by atoms with Crippen LogP contribution in [0.2, 0.25) is 0 Å². The number of hydrogen-bond donors (Lipinski definition) is 0. The quantitative estimate of drug-likeness (QED) is 0.517. The van der Waals surface area contributed by atoms with E-state index in [-0.39, 0.29) is 0 Å². The van der Waals surface area contributed by atoms with Crippen molar-refractivity contribution in [1.29, 1.82) is 0 Å². The highest BCUT2D eigenvalue weighted by Crippen LogP contribution is 2.29. The van der Waals surface area contributed by atoms with Crippen molar-refractivity contribution in [3.8, 4) is 28.2 Å². The summed E-state index contributed by atoms with van der Waals surface area (Å²) in [6.07, 6.45) is 1.62. The lowest BCUT2D eigenvalue weighted by molar-refractivity contribution is 0.871. The number of rotatable bonds is 3. The second-order valence-electron chi connectivity index (χ2n) is 6.19. The fourth-order valence-electron chi connectivity index (χ4n) is 3.28. The van der Waals surface area contributed by atoms with Crippen LogP contribution < -0.4 is 0 Å². The molecular weight excluding hydrogens is 306 g/mol. The third-order valence-electron chi connectivity index (χ3n) is 4.39. The first-order valence-electron chi connectivity index (χ1n) is 8.36. The highest BCUT2D eigenvalue weighted by molar-refractivity contribution is 5.69. The van der Waals surface area contributed by atoms with Gasteiger partial charge in [0.1, 0.15) is 6.33 Å². The molecule has 122 valence electrons. The fourth-order valence-corrected chi connectivity index (χ4v) is 3.28. The maximum absolute atomic E-state index is 4.49. The van der Waals surface area contributed by atoms with Crippen LogP contribution in [-0.2, 0) is 0 Å². The smallest absolute Gasteiger partial charge is 0.163 e. The van der Waals surface area contributed by atoms with Crippen molar-refractivity contribution in [2.45, 2.75) is 13.8 Å². The Morgan fingerprint density at radius 1 is 0.680 bits per heavy atom. The Hall–Kier alpha value is -3.20. The molecule has 1 heterocycles. The molecule has 0 radical (unpaired) electrons. The summed E-state index contributed by atoms with van der Waals surface area (Å²) in [5, 5.41) is 4.49. The average molecular weight is 325 g/mol. The minimum atomic E-state index is 0.860. The Kier molecular flexibility index (Phi) is 3.90. The second-order valence-corrected chi connectivity index (χ2v) is 6.19. The SMILES string of the molecule is Cc1cc(-c2ccccc2)cc(C)c1-n1ncnc1-c1ccccc1. The van der Waals surface area contributed by atoms with Crippen LogP contribution in [0.1, 0.15) is 11.1 Å². The Morgan fingerprint density at radius 3 is 1.84 bits per heavy atom. The summed E-state index contributed by atoms with van der Waals surface area (Å²) in [7, 11) is 0. The van der Waals surface area contributed by atoms with Gasteiger partial charge in [0.25, 0.3) is 0 Å². The van der Waals surface area contributed by atoms with Gasteiger partial charge in [0.15, 0.2) is 5.82 Å². The third-order valence-corrected chi connectivity index (χ3v) is 4.39. The van der Waals surface area contributed by atoms with E-state index in [9.17, 15) is 0 Å². The normalized spacial score (nSPS) is 10.8. The molecule has 4 aromatic rings. The van der Waals surface area contributed by atoms with Crippen molar-refractivity contribution in [2.24, 2.45) is 0 Å². The first-order valence-corrected chi connectivity index (χ1v) is 8.36. The number of aromatic nitrogens is 3. The van der Waals surface area contributed by atoms with Gasteiger partial charge in [0.2, 0.25) is 0 Å². The Balaban J connectivity index is 1.85. The second kappa shape index (κ2) is 6.36. The zero-order chi connectivity index (χ0) is 17.2. The van der Waals surface area contributed by atoms with Gasteiger partial charge in [-0.3, -0.25) is 0 Å². The molecule has 0 unspecified atom stereocenters. The summed E-state index contributed by atoms with van der Waals surface area (Å²) in [6, 6.07) is 25.1. The largest absolute Gasteiger partial charge is 0.215 e. The van der Waals surface area contributed by atoms with E-state index in [0.29, 0.717) is 0 Å². The minimum Gasteiger partial charge on any atom is -0.215 e. The summed E-state index contributed by atoms with van der Waals surface area (Å²) in [5.41, 5.74) is 6.97. The molecule has 0 fully saturated rings. The highest BCUT2D eigenvalue weighted by atomic mass is 15.3. The first-order chi connectivity index (χ1) is 12.2. The number of hydrogen-bond acceptors (Lipinski definition) is 2. The lowest BCUT2D eigenvalue weighted by Gasteiger charge is -2.15. The van der Waals surface area contributed by atoms with Crippen LogP contribution in [0.15, 0.2) is 79.1 Å². The van der Waals surface area contributed by atoms with E-state index in [1.54, 1.807) is 6.33 Å². The Bertz CT molecular complexity index is 979. The van der Waals surface area contributed by atoms with E-state index >= 15 is 0 Å². The summed E-state index contributed by atoms with van der Waals surface area (Å²) < 4.78 is 1.94. The van der Waals surface area contributed by atoms with E-state index in [0.717, 1.165) is 17.1 Å². The molecule has 0 saturated carbocycles. The zero-order valence-electron chi connectivity index (χ0n) is 14.3. The van der Waals surface area contributed by atoms with Crippen molar-refractivity contribution in [1.82, 2.24) is 14.8 Å². The van der Waals surface area contributed by atoms with Gasteiger partial charge in [-0.05, 0) is 48.2 Å². The van der Waals surface area contributed by atoms with Crippen LogP contribution in [0.25, 0.3) is 28.2 Å². The van der Waals surface area contributed by atoms with Gasteiger partial charge in [-0.2, -0.15) is 5.10 Å². The predicted octanol–water partition coefficient (Wildman–Crippen LogP) is 5.22. The summed E-state index contributed by atoms with van der Waals surface area (Å²) in [5.74, 6) is 0.860. The van der Waals surface area contributed by atoms with Gasteiger partial charge in [-0.25, -0.2) is 9.67 Å². The van der Waals surface area contributed by atoms with Crippen LogP contribution in [0.5, 0.6) is 0 Å². The van der Waals surface area contributed by atoms with Crippen LogP contribution >= 0.6 is 0 Å². The molecular formula is C22H19N3. The maximum Gasteiger partial charge on any atom is 0.163 e. The molecule has 3 nitrogen and oxygen atoms in total. The van der Waals surface area contributed by atoms with Crippen molar-refractivity contribution in [3.63, 3.8) is 0 Å². The molecule has 0 saturated heterocycles. The molecule has 0 atom stereocenters. The van der Waals surface area contributed by atoms with Crippen molar-refractivity contribution in [2.75, 3.05) is 0 Å². The summed E-state index contributed by atoms with van der Waals surface area (Å²) in [4.78, 5) is 4.48. The third kappa shape index (κ3) is 2.85. The minimum absolute atomic E-state index is 0.860. The summed E-state index contributed by atoms with van der Waals surface area (Å²) in [6.45, 7) is 4.26. The lowest BCUT2D eigenvalue weighted by atomic mass is 9.99. The Labute approximate surface area is 147 Å². The molecule has 1 aromatic heterocycles. The molecule has 0 aliphatic carbocycles. The van der Waals surface area contributed by atoms with E-state index < -0.39 is 0 Å². The van der Waals surface area contributed by atoms with Crippen LogP contribution in [0.3, 0.4) is 0 Å². The van der Waals surface area contributed by atoms with E-state index in [2.05, 4.69) is 72.5 Å². The molecule has 0 aliphatic heterocycles. The van der Waals surface area contributed by atoms with E-state index in [4.69, 9.17) is 0 Å². The van der Waals surface area contributed by atoms with Crippen molar-refractivity contribution in [3.05, 3.63) is 90.3 Å². The molecule has 0 amide bonds. The molecule has 4 rings (SSSR count). The molecule has 0 N–H and O–H groups in total. The lowest BCUT2D eigenvalue weighted by Crippen LogP contribution is -2.04. The fraction of sp³-hybridized carbons (Fsp3) is 0.0909. The Morgan fingerprint density at radius 2 is 1.24 bits per heavy atom. The van der Waals surface area contributed by atoms with Crippen molar-refractivity contribution >= 4 is 0 Å². The van der Waals surface area contributed by atoms with Gasteiger partial charge in [-0.15, -0.1) is 0 Å². The van der Waals surface area contributed by atoms with Crippen LogP contribution in [-0.4, -0.2) is 14.8 Å². The molecule has 0 aliphatic rings. The monoisotopic (exact) mass is 325 g/mol. The zero-order valence-corrected chi connectivity index (χ0v) is 14.3. The molecule has 3 aromatic carbocycles. The molecule has 25 heavy (non-hydrogen) atoms. The molecule has 0 bridgehead atoms. The number of nitrogens with zero attached hydrogens (tertiary/aromatic N) is 3. The highest BCUT2D eigenvalue weighted by Gasteiger charge is 2.14. The summed E-state index contributed by atoms with van der Waals surface area (Å²) >= 11 is 0. The predicted molar refractivity (Wildman–Crippen MR) is 102 cm³/mol. The van der Waals surface area contributed by atoms with Crippen molar-refractivity contribution < 1.29 is 0 Å². The first kappa shape index (κ1) is 15.3. The molecule has 3 heteroatoms. The van der Waals surface area contributed by atoms with E-state index in [1.807, 2.05) is 28.9 Å². The van der Waals surface area contributed by atoms with E-state index in [1.165, 1.54) is 22.3 Å². The van der Waals surface area contributed by atoms with Gasteiger partial charge < -0.3 is 0 Å². The number of aryl methyl sites for hydroxylation is 2. The maximum atomic E-state index is 4.49. The topological polar surface area (TPSA) is 30.7 Å². The molecule has 0 spiro atoms. The average Bonchev–Trinajstić information content (AvgIpc) is 3.12. The van der Waals surface area contributed by atoms with Gasteiger partial charge in [0.05, 0.1) is 5.69 Å². The standard InChI is InChI=1S/C22H19N3/c1-16-13-20(18-9-5-3-6-10-18)14-17(2)21(16)25-22(23-15-24-25)19-11-7-4-8-12-19/h3-15H,1-2H3. The number of benzene rings is 3. The van der Waals surface area contributed by atoms with Gasteiger partial charge in [0, 0.05) is 5.56 Å². The van der Waals surface area contributed by atoms with Crippen LogP contribution in [0.4, 0.5) is 0 Å². The van der Waals surface area contributed by atoms with Gasteiger partial charge in [-0.1, -0.05) is 60.7 Å².